The molecule has 5 atom stereocenters. The maximum atomic E-state index is 13.1. The number of aliphatic hydroxyl groups is 1. The average molecular weight is 1400 g/mol. The van der Waals surface area contributed by atoms with Crippen molar-refractivity contribution in [2.75, 3.05) is 39.6 Å². The summed E-state index contributed by atoms with van der Waals surface area (Å²) < 4.78 is 68.6. The third kappa shape index (κ3) is 70.3. The van der Waals surface area contributed by atoms with Gasteiger partial charge in [0.05, 0.1) is 26.4 Å². The first-order valence-corrected chi connectivity index (χ1v) is 42.5. The lowest BCUT2D eigenvalue weighted by molar-refractivity contribution is -0.161. The van der Waals surface area contributed by atoms with Crippen LogP contribution in [0.25, 0.3) is 0 Å². The fourth-order valence-electron chi connectivity index (χ4n) is 11.7. The van der Waals surface area contributed by atoms with Gasteiger partial charge in [-0.3, -0.25) is 37.3 Å². The van der Waals surface area contributed by atoms with Crippen LogP contribution >= 0.6 is 15.6 Å². The summed E-state index contributed by atoms with van der Waals surface area (Å²) in [6, 6.07) is 0. The van der Waals surface area contributed by atoms with E-state index in [1.54, 1.807) is 0 Å². The van der Waals surface area contributed by atoms with E-state index in [0.29, 0.717) is 25.7 Å². The van der Waals surface area contributed by atoms with Gasteiger partial charge in [-0.2, -0.15) is 0 Å². The van der Waals surface area contributed by atoms with E-state index in [2.05, 4.69) is 41.5 Å². The molecular formula is C76H148O17P2. The molecule has 17 nitrogen and oxygen atoms in total. The minimum absolute atomic E-state index is 0.106. The fourth-order valence-corrected chi connectivity index (χ4v) is 13.2. The van der Waals surface area contributed by atoms with Crippen LogP contribution in [0, 0.1) is 11.8 Å². The van der Waals surface area contributed by atoms with Crippen molar-refractivity contribution in [3.05, 3.63) is 0 Å². The van der Waals surface area contributed by atoms with Crippen LogP contribution in [0.4, 0.5) is 0 Å². The van der Waals surface area contributed by atoms with Crippen LogP contribution in [0.2, 0.25) is 0 Å². The first kappa shape index (κ1) is 93.1. The molecule has 0 aromatic heterocycles. The highest BCUT2D eigenvalue weighted by atomic mass is 31.2. The Balaban J connectivity index is 5.26. The molecular weight excluding hydrogens is 1250 g/mol. The van der Waals surface area contributed by atoms with E-state index in [-0.39, 0.29) is 25.7 Å². The van der Waals surface area contributed by atoms with Gasteiger partial charge < -0.3 is 33.8 Å². The molecule has 0 aliphatic heterocycles. The molecule has 2 unspecified atom stereocenters. The predicted octanol–water partition coefficient (Wildman–Crippen LogP) is 22.3. The normalized spacial score (nSPS) is 14.0. The van der Waals surface area contributed by atoms with Gasteiger partial charge in [-0.25, -0.2) is 9.13 Å². The number of rotatable bonds is 75. The third-order valence-corrected chi connectivity index (χ3v) is 19.6. The number of hydrogen-bond acceptors (Lipinski definition) is 15. The number of phosphoric acid groups is 2. The Morgan fingerprint density at radius 2 is 0.484 bits per heavy atom. The molecule has 0 heterocycles. The Labute approximate surface area is 581 Å². The summed E-state index contributed by atoms with van der Waals surface area (Å²) in [5.41, 5.74) is 0. The quantitative estimate of drug-likeness (QED) is 0.0222. The van der Waals surface area contributed by atoms with Crippen molar-refractivity contribution in [2.24, 2.45) is 11.8 Å². The van der Waals surface area contributed by atoms with Gasteiger partial charge in [0.2, 0.25) is 0 Å². The Morgan fingerprint density at radius 1 is 0.284 bits per heavy atom. The molecule has 564 valence electrons. The Hall–Kier alpha value is -1.94. The molecule has 0 aliphatic carbocycles. The molecule has 0 aromatic rings. The van der Waals surface area contributed by atoms with E-state index in [1.807, 2.05) is 0 Å². The summed E-state index contributed by atoms with van der Waals surface area (Å²) in [7, 11) is -9.91. The van der Waals surface area contributed by atoms with E-state index < -0.39 is 97.5 Å². The molecule has 0 bridgehead atoms. The summed E-state index contributed by atoms with van der Waals surface area (Å²) >= 11 is 0. The van der Waals surface area contributed by atoms with Gasteiger partial charge in [-0.1, -0.05) is 343 Å². The van der Waals surface area contributed by atoms with Crippen LogP contribution in [0.3, 0.4) is 0 Å². The monoisotopic (exact) mass is 1400 g/mol. The van der Waals surface area contributed by atoms with Gasteiger partial charge in [-0.05, 0) is 37.5 Å². The molecule has 0 saturated carbocycles. The van der Waals surface area contributed by atoms with Crippen molar-refractivity contribution in [3.63, 3.8) is 0 Å². The zero-order valence-electron chi connectivity index (χ0n) is 62.0. The molecule has 19 heteroatoms. The lowest BCUT2D eigenvalue weighted by Gasteiger charge is -2.21. The Morgan fingerprint density at radius 3 is 0.716 bits per heavy atom. The van der Waals surface area contributed by atoms with Gasteiger partial charge >= 0.3 is 39.5 Å². The van der Waals surface area contributed by atoms with E-state index in [9.17, 15) is 43.2 Å². The molecule has 0 radical (unpaired) electrons. The predicted molar refractivity (Wildman–Crippen MR) is 386 cm³/mol. The summed E-state index contributed by atoms with van der Waals surface area (Å²) in [5.74, 6) is -0.579. The Bertz CT molecular complexity index is 1840. The zero-order chi connectivity index (χ0) is 70.0. The minimum atomic E-state index is -4.96. The van der Waals surface area contributed by atoms with Crippen molar-refractivity contribution in [1.29, 1.82) is 0 Å². The number of phosphoric ester groups is 2. The highest BCUT2D eigenvalue weighted by Gasteiger charge is 2.30. The standard InChI is InChI=1S/C76H148O17P2/c1-7-9-11-13-15-17-19-20-21-22-23-29-36-42-48-54-60-75(80)92-71(65-87-74(79)59-53-47-41-35-28-25-24-27-32-38-44-50-56-68(3)4)66-90-94(82,83)88-62-70(77)63-89-95(84,85)91-67-72(64-86-73(78)58-52-46-40-34-26-18-16-14-12-10-8-2)93-76(81)61-55-49-43-37-31-30-33-39-45-51-57-69(5)6/h68-72,77H,7-67H2,1-6H3,(H,82,83)(H,84,85)/t70-,71-,72-/m1/s1. The second-order valence-corrected chi connectivity index (χ2v) is 31.3. The van der Waals surface area contributed by atoms with E-state index >= 15 is 0 Å². The summed E-state index contributed by atoms with van der Waals surface area (Å²) in [6.45, 7) is 9.60. The fraction of sp³-hybridized carbons (Fsp3) is 0.947. The van der Waals surface area contributed by atoms with Gasteiger partial charge in [0.15, 0.2) is 12.2 Å². The third-order valence-electron chi connectivity index (χ3n) is 17.7. The van der Waals surface area contributed by atoms with Gasteiger partial charge in [0.1, 0.15) is 19.3 Å². The number of unbranched alkanes of at least 4 members (excludes halogenated alkanes) is 45. The van der Waals surface area contributed by atoms with Gasteiger partial charge in [0, 0.05) is 25.7 Å². The van der Waals surface area contributed by atoms with E-state index in [0.717, 1.165) is 102 Å². The molecule has 0 aromatic carbocycles. The zero-order valence-corrected chi connectivity index (χ0v) is 63.8. The lowest BCUT2D eigenvalue weighted by Crippen LogP contribution is -2.30. The van der Waals surface area contributed by atoms with Crippen LogP contribution in [-0.4, -0.2) is 96.7 Å². The van der Waals surface area contributed by atoms with Gasteiger partial charge in [-0.15, -0.1) is 0 Å². The van der Waals surface area contributed by atoms with Crippen LogP contribution in [0.15, 0.2) is 0 Å². The Kier molecular flexibility index (Phi) is 66.5. The molecule has 3 N–H and O–H groups in total. The molecule has 0 spiro atoms. The summed E-state index contributed by atoms with van der Waals surface area (Å²) in [6.07, 6.45) is 55.3. The topological polar surface area (TPSA) is 237 Å². The highest BCUT2D eigenvalue weighted by molar-refractivity contribution is 7.47. The maximum absolute atomic E-state index is 13.1. The second kappa shape index (κ2) is 67.9. The van der Waals surface area contributed by atoms with Crippen LogP contribution in [0.5, 0.6) is 0 Å². The molecule has 0 fully saturated rings. The first-order valence-electron chi connectivity index (χ1n) is 39.5. The van der Waals surface area contributed by atoms with Crippen LogP contribution in [-0.2, 0) is 65.4 Å². The molecule has 0 amide bonds. The SMILES string of the molecule is CCCCCCCCCCCCCCCCCCC(=O)O[C@H](COC(=O)CCCCCCCCCCCCCCC(C)C)COP(=O)(O)OC[C@@H](O)COP(=O)(O)OC[C@@H](COC(=O)CCCCCCCCCCCCC)OC(=O)CCCCCCCCCCCCC(C)C. The number of carbonyl (C=O) groups excluding carboxylic acids is 4. The van der Waals surface area contributed by atoms with Crippen molar-refractivity contribution < 1.29 is 80.2 Å². The second-order valence-electron chi connectivity index (χ2n) is 28.3. The number of ether oxygens (including phenoxy) is 4. The van der Waals surface area contributed by atoms with Crippen LogP contribution in [0.1, 0.15) is 395 Å². The molecule has 0 rings (SSSR count). The van der Waals surface area contributed by atoms with Crippen molar-refractivity contribution in [3.8, 4) is 0 Å². The van der Waals surface area contributed by atoms with E-state index in [1.165, 1.54) is 212 Å². The molecule has 0 aliphatic rings. The average Bonchev–Trinajstić information content (AvgIpc) is 1.64. The number of hydrogen-bond donors (Lipinski definition) is 3. The van der Waals surface area contributed by atoms with E-state index in [4.69, 9.17) is 37.0 Å². The maximum Gasteiger partial charge on any atom is 0.472 e. The first-order chi connectivity index (χ1) is 45.9. The smallest absolute Gasteiger partial charge is 0.462 e. The van der Waals surface area contributed by atoms with Crippen molar-refractivity contribution in [1.82, 2.24) is 0 Å². The highest BCUT2D eigenvalue weighted by Crippen LogP contribution is 2.45. The van der Waals surface area contributed by atoms with Crippen molar-refractivity contribution >= 4 is 39.5 Å². The minimum Gasteiger partial charge on any atom is -0.462 e. The van der Waals surface area contributed by atoms with Crippen LogP contribution < -0.4 is 0 Å². The number of aliphatic hydroxyl groups excluding tert-OH is 1. The lowest BCUT2D eigenvalue weighted by atomic mass is 10.0. The summed E-state index contributed by atoms with van der Waals surface area (Å²) in [5, 5.41) is 10.6. The van der Waals surface area contributed by atoms with Gasteiger partial charge in [0.25, 0.3) is 0 Å². The summed E-state index contributed by atoms with van der Waals surface area (Å²) in [4.78, 5) is 72.8. The number of esters is 4. The molecule has 0 saturated heterocycles. The number of carbonyl (C=O) groups is 4. The molecule has 95 heavy (non-hydrogen) atoms. The van der Waals surface area contributed by atoms with Crippen molar-refractivity contribution in [2.45, 2.75) is 413 Å². The largest absolute Gasteiger partial charge is 0.472 e.